The van der Waals surface area contributed by atoms with E-state index < -0.39 is 12.1 Å². The lowest BCUT2D eigenvalue weighted by Gasteiger charge is -2.41. The Labute approximate surface area is 126 Å². The smallest absolute Gasteiger partial charge is 0.311 e. The normalized spacial score (nSPS) is 34.4. The van der Waals surface area contributed by atoms with Crippen LogP contribution >= 0.6 is 0 Å². The molecule has 3 rings (SSSR count). The summed E-state index contributed by atoms with van der Waals surface area (Å²) >= 11 is 0. The fourth-order valence-corrected chi connectivity index (χ4v) is 5.05. The fraction of sp³-hybridized carbons (Fsp3) is 1.00. The molecule has 1 N–H and O–H groups in total. The van der Waals surface area contributed by atoms with Gasteiger partial charge in [-0.15, -0.1) is 0 Å². The first-order chi connectivity index (χ1) is 9.99. The number of hydrogen-bond donors (Lipinski definition) is 1. The molecule has 2 atom stereocenters. The van der Waals surface area contributed by atoms with Gasteiger partial charge in [0.05, 0.1) is 5.92 Å². The fourth-order valence-electron chi connectivity index (χ4n) is 5.05. The van der Waals surface area contributed by atoms with Gasteiger partial charge < -0.3 is 5.32 Å². The molecular weight excluding hydrogens is 275 g/mol. The molecule has 0 amide bonds. The first-order valence-corrected chi connectivity index (χ1v) is 8.81. The minimum atomic E-state index is -4.03. The molecule has 3 saturated carbocycles. The van der Waals surface area contributed by atoms with Crippen molar-refractivity contribution in [3.8, 4) is 0 Å². The summed E-state index contributed by atoms with van der Waals surface area (Å²) < 4.78 is 39.4. The number of rotatable bonds is 2. The first kappa shape index (κ1) is 15.6. The predicted octanol–water partition coefficient (Wildman–Crippen LogP) is 5.20. The summed E-state index contributed by atoms with van der Waals surface area (Å²) in [6.07, 6.45) is 8.72. The lowest BCUT2D eigenvalue weighted by atomic mass is 9.71. The van der Waals surface area contributed by atoms with Gasteiger partial charge in [-0.3, -0.25) is 0 Å². The average Bonchev–Trinajstić information content (AvgIpc) is 2.90. The van der Waals surface area contributed by atoms with Crippen LogP contribution in [-0.4, -0.2) is 18.3 Å². The van der Waals surface area contributed by atoms with E-state index in [4.69, 9.17) is 0 Å². The van der Waals surface area contributed by atoms with Gasteiger partial charge in [0.1, 0.15) is 0 Å². The zero-order chi connectivity index (χ0) is 14.9. The van der Waals surface area contributed by atoms with Gasteiger partial charge in [0.25, 0.3) is 0 Å². The van der Waals surface area contributed by atoms with Gasteiger partial charge >= 0.3 is 6.18 Å². The van der Waals surface area contributed by atoms with Crippen LogP contribution in [0.5, 0.6) is 0 Å². The van der Waals surface area contributed by atoms with Gasteiger partial charge in [-0.25, -0.2) is 0 Å². The lowest BCUT2D eigenvalue weighted by Crippen LogP contribution is -2.50. The van der Waals surface area contributed by atoms with E-state index in [1.807, 2.05) is 0 Å². The maximum absolute atomic E-state index is 13.1. The Morgan fingerprint density at radius 2 is 1.38 bits per heavy atom. The minimum absolute atomic E-state index is 0.317. The Hall–Kier alpha value is -0.250. The molecule has 0 aliphatic heterocycles. The Bertz CT molecular complexity index is 336. The quantitative estimate of drug-likeness (QED) is 0.739. The Kier molecular flexibility index (Phi) is 4.54. The van der Waals surface area contributed by atoms with Crippen LogP contribution in [0.1, 0.15) is 77.0 Å². The highest BCUT2D eigenvalue weighted by molar-refractivity contribution is 4.94. The van der Waals surface area contributed by atoms with Gasteiger partial charge in [0, 0.05) is 12.1 Å². The van der Waals surface area contributed by atoms with E-state index in [0.717, 1.165) is 25.7 Å². The van der Waals surface area contributed by atoms with Gasteiger partial charge in [-0.2, -0.15) is 13.2 Å². The average molecular weight is 303 g/mol. The summed E-state index contributed by atoms with van der Waals surface area (Å²) in [6.45, 7) is 0. The van der Waals surface area contributed by atoms with Crippen molar-refractivity contribution in [2.45, 2.75) is 95.3 Å². The molecule has 0 saturated heterocycles. The van der Waals surface area contributed by atoms with Crippen LogP contribution in [0.25, 0.3) is 0 Å². The molecule has 0 aromatic rings. The molecule has 0 heterocycles. The predicted molar refractivity (Wildman–Crippen MR) is 78.1 cm³/mol. The standard InChI is InChI=1S/C17H28F3N/c18-17(19,20)14-5-1-2-6-15(14)21-13-7-11-16(12-8-13)9-3-4-10-16/h13-15,21H,1-12H2. The molecule has 122 valence electrons. The summed E-state index contributed by atoms with van der Waals surface area (Å²) in [5.74, 6) is -1.12. The molecule has 1 nitrogen and oxygen atoms in total. The van der Waals surface area contributed by atoms with Crippen LogP contribution < -0.4 is 5.32 Å². The largest absolute Gasteiger partial charge is 0.393 e. The molecule has 4 heteroatoms. The zero-order valence-electron chi connectivity index (χ0n) is 12.9. The van der Waals surface area contributed by atoms with E-state index in [9.17, 15) is 13.2 Å². The second-order valence-corrected chi connectivity index (χ2v) is 7.69. The van der Waals surface area contributed by atoms with Gasteiger partial charge in [-0.05, 0) is 56.8 Å². The van der Waals surface area contributed by atoms with Crippen molar-refractivity contribution in [1.82, 2.24) is 5.32 Å². The zero-order valence-corrected chi connectivity index (χ0v) is 12.9. The molecule has 0 aromatic carbocycles. The minimum Gasteiger partial charge on any atom is -0.311 e. The van der Waals surface area contributed by atoms with E-state index in [-0.39, 0.29) is 6.04 Å². The summed E-state index contributed by atoms with van der Waals surface area (Å²) in [6, 6.07) is -0.00875. The first-order valence-electron chi connectivity index (χ1n) is 8.81. The van der Waals surface area contributed by atoms with Crippen LogP contribution in [0.3, 0.4) is 0 Å². The maximum Gasteiger partial charge on any atom is 0.393 e. The summed E-state index contributed by atoms with van der Waals surface area (Å²) in [5, 5.41) is 3.40. The Morgan fingerprint density at radius 3 is 2.00 bits per heavy atom. The van der Waals surface area contributed by atoms with Crippen molar-refractivity contribution in [2.75, 3.05) is 0 Å². The molecule has 3 aliphatic carbocycles. The number of alkyl halides is 3. The van der Waals surface area contributed by atoms with Crippen molar-refractivity contribution in [3.05, 3.63) is 0 Å². The van der Waals surface area contributed by atoms with Gasteiger partial charge in [0.2, 0.25) is 0 Å². The molecule has 2 unspecified atom stereocenters. The van der Waals surface area contributed by atoms with Crippen molar-refractivity contribution in [2.24, 2.45) is 11.3 Å². The second-order valence-electron chi connectivity index (χ2n) is 7.69. The highest BCUT2D eigenvalue weighted by atomic mass is 19.4. The highest BCUT2D eigenvalue weighted by Crippen LogP contribution is 2.49. The maximum atomic E-state index is 13.1. The second kappa shape index (κ2) is 6.10. The Morgan fingerprint density at radius 1 is 0.762 bits per heavy atom. The lowest BCUT2D eigenvalue weighted by molar-refractivity contribution is -0.189. The van der Waals surface area contributed by atoms with Crippen molar-refractivity contribution in [3.63, 3.8) is 0 Å². The summed E-state index contributed by atoms with van der Waals surface area (Å²) in [7, 11) is 0. The van der Waals surface area contributed by atoms with E-state index in [1.165, 1.54) is 38.5 Å². The van der Waals surface area contributed by atoms with Crippen LogP contribution in [0.2, 0.25) is 0 Å². The number of halogens is 3. The molecule has 3 aliphatic rings. The summed E-state index contributed by atoms with van der Waals surface area (Å²) in [4.78, 5) is 0. The van der Waals surface area contributed by atoms with Crippen molar-refractivity contribution in [1.29, 1.82) is 0 Å². The van der Waals surface area contributed by atoms with Crippen molar-refractivity contribution < 1.29 is 13.2 Å². The topological polar surface area (TPSA) is 12.0 Å². The van der Waals surface area contributed by atoms with Crippen LogP contribution in [-0.2, 0) is 0 Å². The van der Waals surface area contributed by atoms with Crippen LogP contribution in [0, 0.1) is 11.3 Å². The molecule has 21 heavy (non-hydrogen) atoms. The molecule has 0 bridgehead atoms. The molecular formula is C17H28F3N. The third-order valence-corrected chi connectivity index (χ3v) is 6.35. The van der Waals surface area contributed by atoms with E-state index in [0.29, 0.717) is 24.3 Å². The molecule has 0 aromatic heterocycles. The number of nitrogens with one attached hydrogen (secondary N) is 1. The van der Waals surface area contributed by atoms with Crippen molar-refractivity contribution >= 4 is 0 Å². The molecule has 0 radical (unpaired) electrons. The SMILES string of the molecule is FC(F)(F)C1CCCCC1NC1CCC2(CCCC2)CC1. The Balaban J connectivity index is 1.54. The highest BCUT2D eigenvalue weighted by Gasteiger charge is 2.46. The third-order valence-electron chi connectivity index (χ3n) is 6.35. The van der Waals surface area contributed by atoms with E-state index in [1.54, 1.807) is 0 Å². The summed E-state index contributed by atoms with van der Waals surface area (Å²) in [5.41, 5.74) is 0.564. The van der Waals surface area contributed by atoms with Gasteiger partial charge in [-0.1, -0.05) is 25.7 Å². The van der Waals surface area contributed by atoms with Crippen LogP contribution in [0.15, 0.2) is 0 Å². The molecule has 1 spiro atoms. The van der Waals surface area contributed by atoms with E-state index >= 15 is 0 Å². The third kappa shape index (κ3) is 3.57. The van der Waals surface area contributed by atoms with Gasteiger partial charge in [0.15, 0.2) is 0 Å². The monoisotopic (exact) mass is 303 g/mol. The molecule has 3 fully saturated rings. The number of hydrogen-bond acceptors (Lipinski definition) is 1. The van der Waals surface area contributed by atoms with E-state index in [2.05, 4.69) is 5.32 Å². The van der Waals surface area contributed by atoms with Crippen LogP contribution in [0.4, 0.5) is 13.2 Å².